The van der Waals surface area contributed by atoms with Gasteiger partial charge in [0.2, 0.25) is 0 Å². The fourth-order valence-electron chi connectivity index (χ4n) is 1.61. The Labute approximate surface area is 128 Å². The number of aryl methyl sites for hydroxylation is 1. The average molecular weight is 286 g/mol. The van der Waals surface area contributed by atoms with E-state index in [1.165, 1.54) is 16.3 Å². The normalized spacial score (nSPS) is 8.85. The zero-order valence-electron chi connectivity index (χ0n) is 13.4. The van der Waals surface area contributed by atoms with Crippen molar-refractivity contribution in [3.05, 3.63) is 71.0 Å². The molecule has 0 spiro atoms. The lowest BCUT2D eigenvalue weighted by Crippen LogP contribution is -1.73. The Morgan fingerprint density at radius 3 is 1.80 bits per heavy atom. The van der Waals surface area contributed by atoms with Crippen LogP contribution in [0.25, 0.3) is 10.8 Å². The topological polar surface area (TPSA) is 0 Å². The van der Waals surface area contributed by atoms with Gasteiger partial charge in [0.1, 0.15) is 0 Å². The second-order valence-electron chi connectivity index (χ2n) is 4.36. The van der Waals surface area contributed by atoms with Crippen LogP contribution in [0.3, 0.4) is 0 Å². The Kier molecular flexibility index (Phi) is 9.57. The van der Waals surface area contributed by atoms with Crippen LogP contribution in [0.2, 0.25) is 0 Å². The average Bonchev–Trinajstić information content (AvgIpc) is 2.40. The molecule has 0 saturated heterocycles. The van der Waals surface area contributed by atoms with E-state index >= 15 is 0 Å². The quantitative estimate of drug-likeness (QED) is 0.575. The maximum atomic E-state index is 3.70. The van der Waals surface area contributed by atoms with E-state index in [4.69, 9.17) is 0 Å². The molecule has 0 N–H and O–H groups in total. The predicted molar refractivity (Wildman–Crippen MR) is 97.3 cm³/mol. The van der Waals surface area contributed by atoms with Crippen LogP contribution in [0, 0.1) is 6.92 Å². The van der Waals surface area contributed by atoms with Crippen LogP contribution in [0.5, 0.6) is 0 Å². The van der Waals surface area contributed by atoms with Gasteiger partial charge in [0.15, 0.2) is 0 Å². The molecule has 0 aromatic heterocycles. The molecule has 0 unspecified atom stereocenters. The first-order valence-electron chi connectivity index (χ1n) is 6.93. The molecule has 0 fully saturated rings. The Balaban J connectivity index is 0.000000352. The van der Waals surface area contributed by atoms with Crippen LogP contribution in [0.4, 0.5) is 0 Å². The summed E-state index contributed by atoms with van der Waals surface area (Å²) in [6.07, 6.45) is 0. The minimum Gasteiger partial charge on any atom is -0.101 e. The van der Waals surface area contributed by atoms with Gasteiger partial charge in [-0.3, -0.25) is 0 Å². The molecule has 0 nitrogen and oxygen atoms in total. The van der Waals surface area contributed by atoms with Gasteiger partial charge < -0.3 is 0 Å². The van der Waals surface area contributed by atoms with Crippen molar-refractivity contribution in [2.75, 3.05) is 0 Å². The van der Waals surface area contributed by atoms with Crippen molar-refractivity contribution < 1.29 is 0 Å². The minimum absolute atomic E-state index is 1.10. The molecule has 20 heavy (non-hydrogen) atoms. The molecule has 0 heterocycles. The molecular formula is C19H26S. The molecule has 0 radical (unpaired) electrons. The van der Waals surface area contributed by atoms with Crippen LogP contribution in [-0.2, 0) is 0 Å². The third kappa shape index (κ3) is 7.85. The molecule has 2 aromatic carbocycles. The zero-order valence-corrected chi connectivity index (χ0v) is 14.2. The number of fused-ring (bicyclic) bond motifs is 1. The highest BCUT2D eigenvalue weighted by Crippen LogP contribution is 2.19. The number of hydrogen-bond acceptors (Lipinski definition) is 1. The van der Waals surface area contributed by atoms with Crippen LogP contribution >= 0.6 is 11.8 Å². The van der Waals surface area contributed by atoms with E-state index in [1.54, 1.807) is 11.8 Å². The Bertz CT molecular complexity index is 540. The standard InChI is InChI=1S/C11H10.C6H10S.C2H6/c1-9-6-7-10-4-2-3-5-11(10)8-9;1-5(2)7-6(3)4;1-2/h2-8H,1H3;1,3H2,2,4H3;1-2H3. The molecule has 0 saturated carbocycles. The van der Waals surface area contributed by atoms with E-state index in [9.17, 15) is 0 Å². The van der Waals surface area contributed by atoms with Crippen molar-refractivity contribution in [3.63, 3.8) is 0 Å². The van der Waals surface area contributed by atoms with Crippen LogP contribution < -0.4 is 0 Å². The highest BCUT2D eigenvalue weighted by atomic mass is 32.2. The number of allylic oxidation sites excluding steroid dienone is 2. The maximum Gasteiger partial charge on any atom is -0.0181 e. The number of hydrogen-bond donors (Lipinski definition) is 0. The Hall–Kier alpha value is -1.47. The van der Waals surface area contributed by atoms with Crippen LogP contribution in [0.15, 0.2) is 65.4 Å². The molecule has 2 aromatic rings. The molecule has 1 heteroatoms. The van der Waals surface area contributed by atoms with E-state index in [0.717, 1.165) is 9.81 Å². The van der Waals surface area contributed by atoms with Crippen molar-refractivity contribution in [2.45, 2.75) is 34.6 Å². The van der Waals surface area contributed by atoms with Crippen molar-refractivity contribution in [1.82, 2.24) is 0 Å². The van der Waals surface area contributed by atoms with Gasteiger partial charge in [0, 0.05) is 0 Å². The summed E-state index contributed by atoms with van der Waals surface area (Å²) in [7, 11) is 0. The monoisotopic (exact) mass is 286 g/mol. The Morgan fingerprint density at radius 1 is 0.850 bits per heavy atom. The molecule has 0 aliphatic carbocycles. The lowest BCUT2D eigenvalue weighted by atomic mass is 10.1. The van der Waals surface area contributed by atoms with Gasteiger partial charge >= 0.3 is 0 Å². The number of thioether (sulfide) groups is 1. The summed E-state index contributed by atoms with van der Waals surface area (Å²) in [5, 5.41) is 2.64. The summed E-state index contributed by atoms with van der Waals surface area (Å²) in [6, 6.07) is 14.9. The van der Waals surface area contributed by atoms with Gasteiger partial charge in [-0.25, -0.2) is 0 Å². The van der Waals surface area contributed by atoms with E-state index in [1.807, 2.05) is 27.7 Å². The second kappa shape index (κ2) is 10.3. The minimum atomic E-state index is 1.10. The highest BCUT2D eigenvalue weighted by Gasteiger charge is 1.89. The predicted octanol–water partition coefficient (Wildman–Crippen LogP) is 6.96. The van der Waals surface area contributed by atoms with Crippen molar-refractivity contribution >= 4 is 22.5 Å². The smallest absolute Gasteiger partial charge is 0.0181 e. The zero-order chi connectivity index (χ0) is 15.5. The van der Waals surface area contributed by atoms with Crippen LogP contribution in [-0.4, -0.2) is 0 Å². The summed E-state index contributed by atoms with van der Waals surface area (Å²) in [5.74, 6) is 0. The number of benzene rings is 2. The first kappa shape index (κ1) is 18.5. The summed E-state index contributed by atoms with van der Waals surface area (Å²) < 4.78 is 0. The molecule has 0 aliphatic rings. The fraction of sp³-hybridized carbons (Fsp3) is 0.263. The molecule has 0 amide bonds. The van der Waals surface area contributed by atoms with Gasteiger partial charge in [0.25, 0.3) is 0 Å². The molecule has 0 bridgehead atoms. The maximum absolute atomic E-state index is 3.70. The number of rotatable bonds is 2. The lowest BCUT2D eigenvalue weighted by molar-refractivity contribution is 1.50. The summed E-state index contributed by atoms with van der Waals surface area (Å²) >= 11 is 1.62. The first-order valence-corrected chi connectivity index (χ1v) is 7.75. The highest BCUT2D eigenvalue weighted by molar-refractivity contribution is 8.06. The van der Waals surface area contributed by atoms with E-state index < -0.39 is 0 Å². The molecule has 108 valence electrons. The summed E-state index contributed by atoms with van der Waals surface area (Å²) in [6.45, 7) is 17.5. The first-order chi connectivity index (χ1) is 9.49. The lowest BCUT2D eigenvalue weighted by Gasteiger charge is -1.96. The van der Waals surface area contributed by atoms with Gasteiger partial charge in [-0.1, -0.05) is 75.0 Å². The van der Waals surface area contributed by atoms with Gasteiger partial charge in [0.05, 0.1) is 0 Å². The molecular weight excluding hydrogens is 260 g/mol. The summed E-state index contributed by atoms with van der Waals surface area (Å²) in [5.41, 5.74) is 1.32. The van der Waals surface area contributed by atoms with Gasteiger partial charge in [-0.2, -0.15) is 0 Å². The fourth-order valence-corrected chi connectivity index (χ4v) is 2.20. The van der Waals surface area contributed by atoms with E-state index in [-0.39, 0.29) is 0 Å². The second-order valence-corrected chi connectivity index (χ2v) is 5.95. The van der Waals surface area contributed by atoms with E-state index in [2.05, 4.69) is 62.5 Å². The van der Waals surface area contributed by atoms with Crippen molar-refractivity contribution in [1.29, 1.82) is 0 Å². The largest absolute Gasteiger partial charge is 0.101 e. The van der Waals surface area contributed by atoms with Gasteiger partial charge in [-0.05, 0) is 41.4 Å². The van der Waals surface area contributed by atoms with Crippen molar-refractivity contribution in [3.8, 4) is 0 Å². The molecule has 0 atom stereocenters. The molecule has 0 aliphatic heterocycles. The van der Waals surface area contributed by atoms with Gasteiger partial charge in [-0.15, -0.1) is 11.8 Å². The SMILES string of the molecule is C=C(C)SC(=C)C.CC.Cc1ccc2ccccc2c1. The molecule has 2 rings (SSSR count). The van der Waals surface area contributed by atoms with E-state index in [0.29, 0.717) is 0 Å². The third-order valence-corrected chi connectivity index (χ3v) is 2.95. The summed E-state index contributed by atoms with van der Waals surface area (Å²) in [4.78, 5) is 2.21. The Morgan fingerprint density at radius 2 is 1.35 bits per heavy atom. The van der Waals surface area contributed by atoms with Crippen LogP contribution in [0.1, 0.15) is 33.3 Å². The van der Waals surface area contributed by atoms with Crippen molar-refractivity contribution in [2.24, 2.45) is 0 Å². The third-order valence-electron chi connectivity index (χ3n) is 2.25.